The Kier molecular flexibility index (Phi) is 5.69. The lowest BCUT2D eigenvalue weighted by Gasteiger charge is -2.13. The normalized spacial score (nSPS) is 10.2. The summed E-state index contributed by atoms with van der Waals surface area (Å²) in [5, 5.41) is 5.52. The van der Waals surface area contributed by atoms with E-state index in [0.717, 1.165) is 5.56 Å². The highest BCUT2D eigenvalue weighted by atomic mass is 19.1. The van der Waals surface area contributed by atoms with Crippen molar-refractivity contribution in [3.05, 3.63) is 89.2 Å². The van der Waals surface area contributed by atoms with Gasteiger partial charge in [-0.2, -0.15) is 0 Å². The molecule has 2 N–H and O–H groups in total. The van der Waals surface area contributed by atoms with E-state index in [4.69, 9.17) is 4.74 Å². The summed E-state index contributed by atoms with van der Waals surface area (Å²) in [5.41, 5.74) is 2.70. The Hall–Kier alpha value is -3.67. The molecule has 0 saturated carbocycles. The van der Waals surface area contributed by atoms with Crippen molar-refractivity contribution >= 4 is 23.2 Å². The first-order valence-electron chi connectivity index (χ1n) is 8.59. The molecule has 0 fully saturated rings. The van der Waals surface area contributed by atoms with Gasteiger partial charge in [0.15, 0.2) is 0 Å². The van der Waals surface area contributed by atoms with Gasteiger partial charge in [0.25, 0.3) is 11.8 Å². The van der Waals surface area contributed by atoms with Crippen molar-refractivity contribution in [1.82, 2.24) is 0 Å². The minimum atomic E-state index is -0.415. The fraction of sp³-hybridized carbons (Fsp3) is 0.0909. The predicted octanol–water partition coefficient (Wildman–Crippen LogP) is 4.65. The third-order valence-corrected chi connectivity index (χ3v) is 4.09. The third-order valence-electron chi connectivity index (χ3n) is 4.09. The molecule has 3 aromatic carbocycles. The van der Waals surface area contributed by atoms with Crippen LogP contribution in [0.4, 0.5) is 15.8 Å². The Morgan fingerprint density at radius 1 is 0.857 bits per heavy atom. The number of nitrogens with one attached hydrogen (secondary N) is 2. The van der Waals surface area contributed by atoms with E-state index in [-0.39, 0.29) is 11.8 Å². The molecule has 0 aliphatic rings. The highest BCUT2D eigenvalue weighted by molar-refractivity contribution is 6.07. The van der Waals surface area contributed by atoms with Gasteiger partial charge in [0.2, 0.25) is 0 Å². The zero-order chi connectivity index (χ0) is 20.1. The summed E-state index contributed by atoms with van der Waals surface area (Å²) in [6, 6.07) is 17.3. The average Bonchev–Trinajstić information content (AvgIpc) is 2.68. The number of carbonyl (C=O) groups is 2. The standard InChI is InChI=1S/C22H19FN2O3/c1-14-4-3-5-16(12-14)22(27)25-19-13-18(10-11-20(19)28-2)24-21(26)15-6-8-17(23)9-7-15/h3-13H,1-2H3,(H,24,26)(H,25,27). The second-order valence-electron chi connectivity index (χ2n) is 6.20. The van der Waals surface area contributed by atoms with Gasteiger partial charge in [-0.25, -0.2) is 4.39 Å². The molecule has 0 aromatic heterocycles. The number of rotatable bonds is 5. The summed E-state index contributed by atoms with van der Waals surface area (Å²) in [5.74, 6) is -0.631. The Morgan fingerprint density at radius 3 is 2.25 bits per heavy atom. The molecule has 3 rings (SSSR count). The second kappa shape index (κ2) is 8.35. The number of hydrogen-bond donors (Lipinski definition) is 2. The molecule has 0 bridgehead atoms. The van der Waals surface area contributed by atoms with Gasteiger partial charge >= 0.3 is 0 Å². The number of benzene rings is 3. The number of amides is 2. The van der Waals surface area contributed by atoms with Crippen molar-refractivity contribution in [3.63, 3.8) is 0 Å². The number of halogens is 1. The Balaban J connectivity index is 1.80. The van der Waals surface area contributed by atoms with Crippen LogP contribution in [0, 0.1) is 12.7 Å². The van der Waals surface area contributed by atoms with E-state index >= 15 is 0 Å². The summed E-state index contributed by atoms with van der Waals surface area (Å²) < 4.78 is 18.3. The van der Waals surface area contributed by atoms with Crippen molar-refractivity contribution in [1.29, 1.82) is 0 Å². The SMILES string of the molecule is COc1ccc(NC(=O)c2ccc(F)cc2)cc1NC(=O)c1cccc(C)c1. The van der Waals surface area contributed by atoms with Crippen molar-refractivity contribution in [3.8, 4) is 5.75 Å². The smallest absolute Gasteiger partial charge is 0.255 e. The minimum absolute atomic E-state index is 0.288. The first-order chi connectivity index (χ1) is 13.5. The zero-order valence-corrected chi connectivity index (χ0v) is 15.5. The van der Waals surface area contributed by atoms with Crippen molar-refractivity contribution < 1.29 is 18.7 Å². The Bertz CT molecular complexity index is 1020. The minimum Gasteiger partial charge on any atom is -0.495 e. The topological polar surface area (TPSA) is 67.4 Å². The summed E-state index contributed by atoms with van der Waals surface area (Å²) in [6.07, 6.45) is 0. The molecular formula is C22H19FN2O3. The Labute approximate surface area is 162 Å². The van der Waals surface area contributed by atoms with E-state index in [0.29, 0.717) is 28.3 Å². The van der Waals surface area contributed by atoms with Gasteiger partial charge < -0.3 is 15.4 Å². The molecule has 0 spiro atoms. The monoisotopic (exact) mass is 378 g/mol. The number of hydrogen-bond acceptors (Lipinski definition) is 3. The molecule has 142 valence electrons. The van der Waals surface area contributed by atoms with Gasteiger partial charge in [-0.3, -0.25) is 9.59 Å². The van der Waals surface area contributed by atoms with Crippen LogP contribution >= 0.6 is 0 Å². The van der Waals surface area contributed by atoms with Gasteiger partial charge in [-0.1, -0.05) is 17.7 Å². The van der Waals surface area contributed by atoms with Crippen LogP contribution in [0.1, 0.15) is 26.3 Å². The quantitative estimate of drug-likeness (QED) is 0.679. The maximum Gasteiger partial charge on any atom is 0.255 e. The number of ether oxygens (including phenoxy) is 1. The number of carbonyl (C=O) groups excluding carboxylic acids is 2. The molecule has 0 aliphatic carbocycles. The molecule has 0 saturated heterocycles. The van der Waals surface area contributed by atoms with Crippen LogP contribution in [0.5, 0.6) is 5.75 Å². The van der Waals surface area contributed by atoms with Crippen molar-refractivity contribution in [2.75, 3.05) is 17.7 Å². The molecule has 5 nitrogen and oxygen atoms in total. The molecule has 0 unspecified atom stereocenters. The van der Waals surface area contributed by atoms with E-state index in [9.17, 15) is 14.0 Å². The molecule has 2 amide bonds. The van der Waals surface area contributed by atoms with Gasteiger partial charge in [0.1, 0.15) is 11.6 Å². The molecule has 6 heteroatoms. The maximum atomic E-state index is 13.0. The van der Waals surface area contributed by atoms with Crippen LogP contribution in [-0.4, -0.2) is 18.9 Å². The Morgan fingerprint density at radius 2 is 1.57 bits per heavy atom. The lowest BCUT2D eigenvalue weighted by molar-refractivity contribution is 0.101. The highest BCUT2D eigenvalue weighted by Gasteiger charge is 2.13. The fourth-order valence-electron chi connectivity index (χ4n) is 2.67. The molecular weight excluding hydrogens is 359 g/mol. The predicted molar refractivity (Wildman–Crippen MR) is 106 cm³/mol. The van der Waals surface area contributed by atoms with E-state index in [1.54, 1.807) is 36.4 Å². The largest absolute Gasteiger partial charge is 0.495 e. The lowest BCUT2D eigenvalue weighted by atomic mass is 10.1. The van der Waals surface area contributed by atoms with Gasteiger partial charge in [0.05, 0.1) is 12.8 Å². The average molecular weight is 378 g/mol. The number of aryl methyl sites for hydroxylation is 1. The fourth-order valence-corrected chi connectivity index (χ4v) is 2.67. The van der Waals surface area contributed by atoms with E-state index < -0.39 is 5.82 Å². The van der Waals surface area contributed by atoms with Gasteiger partial charge in [0, 0.05) is 16.8 Å². The maximum absolute atomic E-state index is 13.0. The van der Waals surface area contributed by atoms with Crippen LogP contribution in [0.2, 0.25) is 0 Å². The van der Waals surface area contributed by atoms with Crippen molar-refractivity contribution in [2.24, 2.45) is 0 Å². The summed E-state index contributed by atoms with van der Waals surface area (Å²) in [6.45, 7) is 1.91. The second-order valence-corrected chi connectivity index (χ2v) is 6.20. The molecule has 0 heterocycles. The molecule has 0 radical (unpaired) electrons. The summed E-state index contributed by atoms with van der Waals surface area (Å²) in [7, 11) is 1.49. The van der Waals surface area contributed by atoms with E-state index in [1.807, 2.05) is 13.0 Å². The van der Waals surface area contributed by atoms with E-state index in [2.05, 4.69) is 10.6 Å². The number of anilines is 2. The van der Waals surface area contributed by atoms with E-state index in [1.165, 1.54) is 31.4 Å². The molecule has 28 heavy (non-hydrogen) atoms. The zero-order valence-electron chi connectivity index (χ0n) is 15.5. The molecule has 0 atom stereocenters. The first kappa shape index (κ1) is 19.1. The van der Waals surface area contributed by atoms with Gasteiger partial charge in [-0.05, 0) is 61.5 Å². The van der Waals surface area contributed by atoms with Crippen LogP contribution in [0.15, 0.2) is 66.7 Å². The lowest BCUT2D eigenvalue weighted by Crippen LogP contribution is -2.14. The number of methoxy groups -OCH3 is 1. The van der Waals surface area contributed by atoms with Crippen LogP contribution in [0.3, 0.4) is 0 Å². The van der Waals surface area contributed by atoms with Crippen LogP contribution in [-0.2, 0) is 0 Å². The van der Waals surface area contributed by atoms with Crippen molar-refractivity contribution in [2.45, 2.75) is 6.92 Å². The third kappa shape index (κ3) is 4.54. The first-order valence-corrected chi connectivity index (χ1v) is 8.59. The molecule has 3 aromatic rings. The summed E-state index contributed by atoms with van der Waals surface area (Å²) >= 11 is 0. The van der Waals surface area contributed by atoms with Crippen LogP contribution in [0.25, 0.3) is 0 Å². The summed E-state index contributed by atoms with van der Waals surface area (Å²) in [4.78, 5) is 24.9. The molecule has 0 aliphatic heterocycles. The van der Waals surface area contributed by atoms with Crippen LogP contribution < -0.4 is 15.4 Å². The van der Waals surface area contributed by atoms with Gasteiger partial charge in [-0.15, -0.1) is 0 Å². The highest BCUT2D eigenvalue weighted by Crippen LogP contribution is 2.28.